The minimum atomic E-state index is -0.942. The molecule has 2 rings (SSSR count). The minimum absolute atomic E-state index is 0.0378. The number of carbonyl (C=O) groups is 1. The maximum atomic E-state index is 12.2. The molecule has 0 aliphatic carbocycles. The molecule has 0 radical (unpaired) electrons. The number of H-pyrrole nitrogens is 1. The third-order valence-corrected chi connectivity index (χ3v) is 3.27. The highest BCUT2D eigenvalue weighted by Crippen LogP contribution is 2.14. The molecule has 2 N–H and O–H groups in total. The first-order valence-electron chi connectivity index (χ1n) is 7.01. The third kappa shape index (κ3) is 3.52. The molecular formula is C17H16N2O5. The fourth-order valence-electron chi connectivity index (χ4n) is 2.05. The summed E-state index contributed by atoms with van der Waals surface area (Å²) < 4.78 is 5.88. The Balaban J connectivity index is 2.37. The summed E-state index contributed by atoms with van der Waals surface area (Å²) in [6, 6.07) is 6.90. The second-order valence-electron chi connectivity index (χ2n) is 4.83. The molecule has 0 saturated heterocycles. The molecule has 0 bridgehead atoms. The van der Waals surface area contributed by atoms with Crippen LogP contribution in [0.4, 0.5) is 0 Å². The Hall–Kier alpha value is -3.35. The number of hydrogen-bond acceptors (Lipinski definition) is 5. The van der Waals surface area contributed by atoms with Gasteiger partial charge in [0.15, 0.2) is 5.78 Å². The van der Waals surface area contributed by atoms with Crippen molar-refractivity contribution in [2.45, 2.75) is 6.54 Å². The van der Waals surface area contributed by atoms with Crippen LogP contribution in [-0.2, 0) is 6.54 Å². The number of benzene rings is 1. The molecule has 1 heterocycles. The second-order valence-corrected chi connectivity index (χ2v) is 4.83. The van der Waals surface area contributed by atoms with Crippen LogP contribution in [0.15, 0.2) is 52.6 Å². The molecule has 7 heteroatoms. The molecule has 0 amide bonds. The maximum Gasteiger partial charge on any atom is 0.331 e. The molecule has 124 valence electrons. The number of hydrogen-bond donors (Lipinski definition) is 2. The molecule has 0 saturated carbocycles. The Morgan fingerprint density at radius 1 is 1.33 bits per heavy atom. The fourth-order valence-corrected chi connectivity index (χ4v) is 2.05. The van der Waals surface area contributed by atoms with Gasteiger partial charge in [0, 0.05) is 6.54 Å². The molecule has 1 aromatic carbocycles. The van der Waals surface area contributed by atoms with Gasteiger partial charge in [-0.1, -0.05) is 24.3 Å². The molecule has 0 atom stereocenters. The van der Waals surface area contributed by atoms with E-state index in [0.717, 1.165) is 10.6 Å². The van der Waals surface area contributed by atoms with Crippen molar-refractivity contribution in [3.05, 3.63) is 75.0 Å². The van der Waals surface area contributed by atoms with Crippen LogP contribution in [0, 0.1) is 0 Å². The number of rotatable bonds is 6. The molecule has 0 unspecified atom stereocenters. The first kappa shape index (κ1) is 17.0. The number of aromatic nitrogens is 2. The summed E-state index contributed by atoms with van der Waals surface area (Å²) >= 11 is 0. The average Bonchev–Trinajstić information content (AvgIpc) is 2.57. The van der Waals surface area contributed by atoms with Gasteiger partial charge < -0.3 is 9.84 Å². The van der Waals surface area contributed by atoms with Crippen LogP contribution in [-0.4, -0.2) is 27.6 Å². The van der Waals surface area contributed by atoms with E-state index in [1.807, 2.05) is 4.98 Å². The summed E-state index contributed by atoms with van der Waals surface area (Å²) in [4.78, 5) is 37.7. The molecule has 0 aliphatic rings. The SMILES string of the molecule is C=CCn1c(O)c(C(=O)/C=C/c2ccc(OC)cc2)c(=O)[nH]c1=O. The summed E-state index contributed by atoms with van der Waals surface area (Å²) in [5, 5.41) is 10.0. The normalized spacial score (nSPS) is 10.7. The number of carbonyl (C=O) groups excluding carboxylic acids is 1. The Labute approximate surface area is 137 Å². The molecule has 0 spiro atoms. The zero-order valence-corrected chi connectivity index (χ0v) is 13.0. The van der Waals surface area contributed by atoms with Gasteiger partial charge in [0.1, 0.15) is 11.3 Å². The van der Waals surface area contributed by atoms with Crippen LogP contribution in [0.5, 0.6) is 11.6 Å². The Morgan fingerprint density at radius 2 is 2.00 bits per heavy atom. The van der Waals surface area contributed by atoms with Gasteiger partial charge in [0.05, 0.1) is 7.11 Å². The van der Waals surface area contributed by atoms with Gasteiger partial charge in [-0.2, -0.15) is 0 Å². The molecule has 24 heavy (non-hydrogen) atoms. The quantitative estimate of drug-likeness (QED) is 0.473. The second kappa shape index (κ2) is 7.28. The van der Waals surface area contributed by atoms with Crippen molar-refractivity contribution < 1.29 is 14.6 Å². The fraction of sp³-hybridized carbons (Fsp3) is 0.118. The summed E-state index contributed by atoms with van der Waals surface area (Å²) in [6.07, 6.45) is 4.00. The van der Waals surface area contributed by atoms with Gasteiger partial charge in [-0.15, -0.1) is 6.58 Å². The van der Waals surface area contributed by atoms with E-state index in [1.165, 1.54) is 12.2 Å². The predicted molar refractivity (Wildman–Crippen MR) is 89.5 cm³/mol. The summed E-state index contributed by atoms with van der Waals surface area (Å²) in [5.74, 6) is -0.737. The van der Waals surface area contributed by atoms with Crippen LogP contribution in [0.2, 0.25) is 0 Å². The topological polar surface area (TPSA) is 101 Å². The highest BCUT2D eigenvalue weighted by molar-refractivity contribution is 6.08. The highest BCUT2D eigenvalue weighted by atomic mass is 16.5. The number of aromatic hydroxyl groups is 1. The van der Waals surface area contributed by atoms with Crippen molar-refractivity contribution in [2.24, 2.45) is 0 Å². The number of allylic oxidation sites excluding steroid dienone is 2. The van der Waals surface area contributed by atoms with Crippen molar-refractivity contribution in [3.63, 3.8) is 0 Å². The van der Waals surface area contributed by atoms with Crippen LogP contribution in [0.25, 0.3) is 6.08 Å². The largest absolute Gasteiger partial charge is 0.497 e. The summed E-state index contributed by atoms with van der Waals surface area (Å²) in [5.41, 5.74) is -1.55. The van der Waals surface area contributed by atoms with Gasteiger partial charge >= 0.3 is 5.69 Å². The van der Waals surface area contributed by atoms with Crippen LogP contribution in [0.1, 0.15) is 15.9 Å². The van der Waals surface area contributed by atoms with Crippen molar-refractivity contribution in [2.75, 3.05) is 7.11 Å². The lowest BCUT2D eigenvalue weighted by molar-refractivity contribution is 0.104. The molecule has 0 fully saturated rings. The van der Waals surface area contributed by atoms with Crippen molar-refractivity contribution in [1.29, 1.82) is 0 Å². The van der Waals surface area contributed by atoms with E-state index in [1.54, 1.807) is 31.4 Å². The lowest BCUT2D eigenvalue weighted by Crippen LogP contribution is -2.33. The van der Waals surface area contributed by atoms with Gasteiger partial charge in [0.2, 0.25) is 5.88 Å². The van der Waals surface area contributed by atoms with E-state index in [-0.39, 0.29) is 6.54 Å². The highest BCUT2D eigenvalue weighted by Gasteiger charge is 2.18. The zero-order chi connectivity index (χ0) is 17.7. The summed E-state index contributed by atoms with van der Waals surface area (Å²) in [6.45, 7) is 3.42. The molecule has 7 nitrogen and oxygen atoms in total. The van der Waals surface area contributed by atoms with E-state index in [2.05, 4.69) is 6.58 Å². The molecule has 2 aromatic rings. The molecule has 1 aromatic heterocycles. The van der Waals surface area contributed by atoms with E-state index in [9.17, 15) is 19.5 Å². The average molecular weight is 328 g/mol. The van der Waals surface area contributed by atoms with E-state index in [0.29, 0.717) is 11.3 Å². The van der Waals surface area contributed by atoms with Crippen molar-refractivity contribution >= 4 is 11.9 Å². The van der Waals surface area contributed by atoms with Crippen molar-refractivity contribution in [1.82, 2.24) is 9.55 Å². The number of ether oxygens (including phenoxy) is 1. The van der Waals surface area contributed by atoms with E-state index in [4.69, 9.17) is 4.74 Å². The third-order valence-electron chi connectivity index (χ3n) is 3.27. The van der Waals surface area contributed by atoms with Gasteiger partial charge in [-0.25, -0.2) is 4.79 Å². The Kier molecular flexibility index (Phi) is 5.16. The van der Waals surface area contributed by atoms with Crippen LogP contribution in [0.3, 0.4) is 0 Å². The molecular weight excluding hydrogens is 312 g/mol. The van der Waals surface area contributed by atoms with Crippen LogP contribution >= 0.6 is 0 Å². The first-order chi connectivity index (χ1) is 11.5. The van der Waals surface area contributed by atoms with Gasteiger partial charge in [-0.05, 0) is 23.8 Å². The molecule has 0 aliphatic heterocycles. The van der Waals surface area contributed by atoms with Gasteiger partial charge in [0.25, 0.3) is 5.56 Å². The number of aromatic amines is 1. The monoisotopic (exact) mass is 328 g/mol. The zero-order valence-electron chi connectivity index (χ0n) is 13.0. The number of nitrogens with zero attached hydrogens (tertiary/aromatic N) is 1. The van der Waals surface area contributed by atoms with Gasteiger partial charge in [-0.3, -0.25) is 19.1 Å². The Morgan fingerprint density at radius 3 is 2.58 bits per heavy atom. The predicted octanol–water partition coefficient (Wildman–Crippen LogP) is 1.33. The standard InChI is InChI=1S/C17H16N2O5/c1-3-10-19-16(22)14(15(21)18-17(19)23)13(20)9-6-11-4-7-12(24-2)8-5-11/h3-9,22H,1,10H2,2H3,(H,18,21,23)/b9-6+. The number of methoxy groups -OCH3 is 1. The maximum absolute atomic E-state index is 12.2. The summed E-state index contributed by atoms with van der Waals surface area (Å²) in [7, 11) is 1.54. The minimum Gasteiger partial charge on any atom is -0.497 e. The van der Waals surface area contributed by atoms with Crippen molar-refractivity contribution in [3.8, 4) is 11.6 Å². The van der Waals surface area contributed by atoms with Crippen LogP contribution < -0.4 is 16.0 Å². The smallest absolute Gasteiger partial charge is 0.331 e. The lowest BCUT2D eigenvalue weighted by atomic mass is 10.1. The Bertz CT molecular complexity index is 904. The van der Waals surface area contributed by atoms with E-state index >= 15 is 0 Å². The lowest BCUT2D eigenvalue weighted by Gasteiger charge is -2.07. The number of ketones is 1. The number of nitrogens with one attached hydrogen (secondary N) is 1. The van der Waals surface area contributed by atoms with E-state index < -0.39 is 28.5 Å². The first-order valence-corrected chi connectivity index (χ1v) is 7.01.